The van der Waals surface area contributed by atoms with Crippen molar-refractivity contribution in [1.29, 1.82) is 0 Å². The van der Waals surface area contributed by atoms with Gasteiger partial charge >= 0.3 is 0 Å². The van der Waals surface area contributed by atoms with Crippen molar-refractivity contribution in [2.75, 3.05) is 25.5 Å². The zero-order chi connectivity index (χ0) is 15.1. The lowest BCUT2D eigenvalue weighted by atomic mass is 10.0. The van der Waals surface area contributed by atoms with Crippen LogP contribution in [0.2, 0.25) is 0 Å². The van der Waals surface area contributed by atoms with Crippen molar-refractivity contribution in [2.45, 2.75) is 32.2 Å². The lowest BCUT2D eigenvalue weighted by Gasteiger charge is -2.20. The van der Waals surface area contributed by atoms with Crippen molar-refractivity contribution in [3.8, 4) is 0 Å². The van der Waals surface area contributed by atoms with Crippen LogP contribution >= 0.6 is 11.3 Å². The molecule has 0 aliphatic carbocycles. The van der Waals surface area contributed by atoms with Gasteiger partial charge in [0, 0.05) is 30.7 Å². The van der Waals surface area contributed by atoms with Crippen molar-refractivity contribution < 1.29 is 0 Å². The molecule has 2 rings (SSSR count). The lowest BCUT2D eigenvalue weighted by Crippen LogP contribution is -2.22. The molecule has 1 unspecified atom stereocenters. The molecule has 114 valence electrons. The zero-order valence-electron chi connectivity index (χ0n) is 13.3. The van der Waals surface area contributed by atoms with Crippen molar-refractivity contribution in [3.63, 3.8) is 0 Å². The van der Waals surface area contributed by atoms with Gasteiger partial charge in [0.25, 0.3) is 0 Å². The normalized spacial score (nSPS) is 12.3. The zero-order valence-corrected chi connectivity index (χ0v) is 14.1. The fourth-order valence-electron chi connectivity index (χ4n) is 2.45. The average molecular weight is 302 g/mol. The molecule has 0 saturated carbocycles. The number of nitrogens with one attached hydrogen (secondary N) is 1. The first-order valence-electron chi connectivity index (χ1n) is 7.73. The van der Waals surface area contributed by atoms with E-state index in [1.807, 2.05) is 11.3 Å². The van der Waals surface area contributed by atoms with E-state index in [0.29, 0.717) is 6.04 Å². The molecule has 0 amide bonds. The van der Waals surface area contributed by atoms with E-state index in [-0.39, 0.29) is 0 Å². The Labute approximate surface area is 132 Å². The third-order valence-electron chi connectivity index (χ3n) is 3.71. The molecule has 0 bridgehead atoms. The van der Waals surface area contributed by atoms with Crippen LogP contribution in [0.15, 0.2) is 41.8 Å². The first kappa shape index (κ1) is 16.1. The SMILES string of the molecule is CCCNC(CCc1cccs1)c1ccc(N(C)C)cc1. The number of nitrogens with zero attached hydrogens (tertiary/aromatic N) is 1. The molecule has 1 aromatic carbocycles. The van der Waals surface area contributed by atoms with E-state index in [1.54, 1.807) is 0 Å². The van der Waals surface area contributed by atoms with Gasteiger partial charge in [0.1, 0.15) is 0 Å². The summed E-state index contributed by atoms with van der Waals surface area (Å²) < 4.78 is 0. The van der Waals surface area contributed by atoms with Crippen LogP contribution in [-0.4, -0.2) is 20.6 Å². The van der Waals surface area contributed by atoms with Crippen molar-refractivity contribution in [3.05, 3.63) is 52.2 Å². The number of thiophene rings is 1. The van der Waals surface area contributed by atoms with E-state index < -0.39 is 0 Å². The number of aryl methyl sites for hydroxylation is 1. The summed E-state index contributed by atoms with van der Waals surface area (Å²) in [6.45, 7) is 3.29. The molecule has 1 heterocycles. The molecule has 2 aromatic rings. The fourth-order valence-corrected chi connectivity index (χ4v) is 3.18. The smallest absolute Gasteiger partial charge is 0.0361 e. The van der Waals surface area contributed by atoms with Gasteiger partial charge in [-0.15, -0.1) is 11.3 Å². The van der Waals surface area contributed by atoms with Crippen LogP contribution in [0.3, 0.4) is 0 Å². The van der Waals surface area contributed by atoms with Gasteiger partial charge in [-0.3, -0.25) is 0 Å². The highest BCUT2D eigenvalue weighted by Gasteiger charge is 2.11. The quantitative estimate of drug-likeness (QED) is 0.773. The molecular formula is C18H26N2S. The first-order chi connectivity index (χ1) is 10.2. The Balaban J connectivity index is 2.03. The summed E-state index contributed by atoms with van der Waals surface area (Å²) >= 11 is 1.86. The van der Waals surface area contributed by atoms with Crippen LogP contribution in [0.1, 0.15) is 36.2 Å². The third-order valence-corrected chi connectivity index (χ3v) is 4.65. The van der Waals surface area contributed by atoms with Crippen LogP contribution in [0.4, 0.5) is 5.69 Å². The molecule has 1 N–H and O–H groups in total. The first-order valence-corrected chi connectivity index (χ1v) is 8.61. The Morgan fingerprint density at radius 3 is 2.48 bits per heavy atom. The van der Waals surface area contributed by atoms with Crippen molar-refractivity contribution in [1.82, 2.24) is 5.32 Å². The van der Waals surface area contributed by atoms with E-state index in [4.69, 9.17) is 0 Å². The summed E-state index contributed by atoms with van der Waals surface area (Å²) in [6, 6.07) is 13.8. The highest BCUT2D eigenvalue weighted by molar-refractivity contribution is 7.09. The predicted molar refractivity (Wildman–Crippen MR) is 94.4 cm³/mol. The minimum Gasteiger partial charge on any atom is -0.378 e. The number of hydrogen-bond donors (Lipinski definition) is 1. The van der Waals surface area contributed by atoms with Gasteiger partial charge in [-0.25, -0.2) is 0 Å². The Kier molecular flexibility index (Phi) is 6.27. The average Bonchev–Trinajstić information content (AvgIpc) is 3.01. The van der Waals surface area contributed by atoms with E-state index in [1.165, 1.54) is 22.5 Å². The Bertz CT molecular complexity index is 503. The second kappa shape index (κ2) is 8.20. The number of rotatable bonds is 8. The van der Waals surface area contributed by atoms with Gasteiger partial charge < -0.3 is 10.2 Å². The maximum absolute atomic E-state index is 3.69. The monoisotopic (exact) mass is 302 g/mol. The van der Waals surface area contributed by atoms with Gasteiger partial charge in [0.15, 0.2) is 0 Å². The van der Waals surface area contributed by atoms with E-state index in [9.17, 15) is 0 Å². The second-order valence-corrected chi connectivity index (χ2v) is 6.64. The molecule has 0 radical (unpaired) electrons. The van der Waals surface area contributed by atoms with Crippen LogP contribution < -0.4 is 10.2 Å². The molecule has 0 spiro atoms. The summed E-state index contributed by atoms with van der Waals surface area (Å²) in [5.74, 6) is 0. The second-order valence-electron chi connectivity index (χ2n) is 5.61. The largest absolute Gasteiger partial charge is 0.378 e. The molecule has 1 aromatic heterocycles. The molecular weight excluding hydrogens is 276 g/mol. The minimum atomic E-state index is 0.447. The van der Waals surface area contributed by atoms with Gasteiger partial charge in [-0.2, -0.15) is 0 Å². The predicted octanol–water partition coefficient (Wildman–Crippen LogP) is 4.49. The van der Waals surface area contributed by atoms with Crippen LogP contribution in [0.25, 0.3) is 0 Å². The van der Waals surface area contributed by atoms with Gasteiger partial charge in [0.05, 0.1) is 0 Å². The number of hydrogen-bond acceptors (Lipinski definition) is 3. The Morgan fingerprint density at radius 2 is 1.90 bits per heavy atom. The van der Waals surface area contributed by atoms with Gasteiger partial charge in [0.2, 0.25) is 0 Å². The molecule has 2 nitrogen and oxygen atoms in total. The summed E-state index contributed by atoms with van der Waals surface area (Å²) in [6.07, 6.45) is 3.47. The molecule has 0 fully saturated rings. The van der Waals surface area contributed by atoms with Crippen LogP contribution in [0.5, 0.6) is 0 Å². The summed E-state index contributed by atoms with van der Waals surface area (Å²) in [4.78, 5) is 3.62. The van der Waals surface area contributed by atoms with Crippen molar-refractivity contribution >= 4 is 17.0 Å². The van der Waals surface area contributed by atoms with Crippen LogP contribution in [0, 0.1) is 0 Å². The van der Waals surface area contributed by atoms with E-state index in [2.05, 4.69) is 73.0 Å². The topological polar surface area (TPSA) is 15.3 Å². The summed E-state index contributed by atoms with van der Waals surface area (Å²) in [5, 5.41) is 5.85. The van der Waals surface area contributed by atoms with Crippen molar-refractivity contribution in [2.24, 2.45) is 0 Å². The lowest BCUT2D eigenvalue weighted by molar-refractivity contribution is 0.501. The fraction of sp³-hybridized carbons (Fsp3) is 0.444. The maximum atomic E-state index is 3.69. The number of benzene rings is 1. The maximum Gasteiger partial charge on any atom is 0.0361 e. The molecule has 3 heteroatoms. The molecule has 0 saturated heterocycles. The van der Waals surface area contributed by atoms with Gasteiger partial charge in [-0.1, -0.05) is 25.1 Å². The molecule has 1 atom stereocenters. The Morgan fingerprint density at radius 1 is 1.14 bits per heavy atom. The Hall–Kier alpha value is -1.32. The van der Waals surface area contributed by atoms with E-state index in [0.717, 1.165) is 19.4 Å². The molecule has 21 heavy (non-hydrogen) atoms. The molecule has 0 aliphatic rings. The van der Waals surface area contributed by atoms with E-state index >= 15 is 0 Å². The highest BCUT2D eigenvalue weighted by Crippen LogP contribution is 2.23. The highest BCUT2D eigenvalue weighted by atomic mass is 32.1. The summed E-state index contributed by atoms with van der Waals surface area (Å²) in [5.41, 5.74) is 2.65. The molecule has 0 aliphatic heterocycles. The number of anilines is 1. The van der Waals surface area contributed by atoms with Crippen LogP contribution in [-0.2, 0) is 6.42 Å². The minimum absolute atomic E-state index is 0.447. The summed E-state index contributed by atoms with van der Waals surface area (Å²) in [7, 11) is 4.16. The third kappa shape index (κ3) is 4.87. The van der Waals surface area contributed by atoms with Gasteiger partial charge in [-0.05, 0) is 54.9 Å². The standard InChI is InChI=1S/C18H26N2S/c1-4-13-19-18(12-11-17-6-5-14-21-17)15-7-9-16(10-8-15)20(2)3/h5-10,14,18-19H,4,11-13H2,1-3H3.